The van der Waals surface area contributed by atoms with E-state index in [4.69, 9.17) is 0 Å². The fourth-order valence-electron chi connectivity index (χ4n) is 1.72. The van der Waals surface area contributed by atoms with E-state index >= 15 is 0 Å². The number of nitrogens with zero attached hydrogens (tertiary/aromatic N) is 2. The van der Waals surface area contributed by atoms with E-state index < -0.39 is 21.6 Å². The van der Waals surface area contributed by atoms with Gasteiger partial charge in [-0.3, -0.25) is 0 Å². The Balaban J connectivity index is 2.72. The first-order chi connectivity index (χ1) is 9.65. The van der Waals surface area contributed by atoms with Gasteiger partial charge < -0.3 is 0 Å². The Kier molecular flexibility index (Phi) is 4.34. The number of aromatic nitrogens is 2. The van der Waals surface area contributed by atoms with Crippen LogP contribution in [0.3, 0.4) is 0 Å². The molecule has 0 bridgehead atoms. The first-order valence-electron chi connectivity index (χ1n) is 5.79. The van der Waals surface area contributed by atoms with E-state index in [1.54, 1.807) is 0 Å². The maximum atomic E-state index is 12.8. The van der Waals surface area contributed by atoms with E-state index in [0.717, 1.165) is 15.7 Å². The Labute approximate surface area is 133 Å². The lowest BCUT2D eigenvalue weighted by Gasteiger charge is -2.13. The Morgan fingerprint density at radius 3 is 2.48 bits per heavy atom. The van der Waals surface area contributed by atoms with Gasteiger partial charge in [-0.25, -0.2) is 13.1 Å². The van der Waals surface area contributed by atoms with Crippen LogP contribution in [0.25, 0.3) is 5.69 Å². The van der Waals surface area contributed by atoms with Crippen LogP contribution in [0.2, 0.25) is 0 Å². The van der Waals surface area contributed by atoms with Crippen LogP contribution in [0.15, 0.2) is 35.5 Å². The number of halogens is 4. The zero-order valence-electron chi connectivity index (χ0n) is 10.7. The summed E-state index contributed by atoms with van der Waals surface area (Å²) in [4.78, 5) is -0.376. The van der Waals surface area contributed by atoms with E-state index in [-0.39, 0.29) is 16.3 Å². The van der Waals surface area contributed by atoms with Crippen molar-refractivity contribution in [2.24, 2.45) is 0 Å². The normalized spacial score (nSPS) is 12.6. The van der Waals surface area contributed by atoms with Crippen LogP contribution in [-0.4, -0.2) is 24.0 Å². The summed E-state index contributed by atoms with van der Waals surface area (Å²) in [5.74, 6) is -0.292. The first-order valence-corrected chi connectivity index (χ1v) is 8.53. The van der Waals surface area contributed by atoms with Crippen molar-refractivity contribution >= 4 is 32.4 Å². The van der Waals surface area contributed by atoms with Crippen molar-refractivity contribution in [1.82, 2.24) is 9.78 Å². The van der Waals surface area contributed by atoms with Crippen molar-refractivity contribution in [1.29, 1.82) is 0 Å². The summed E-state index contributed by atoms with van der Waals surface area (Å²) in [6.45, 7) is 1.38. The monoisotopic (exact) mass is 430 g/mol. The number of hydrogen-bond donors (Lipinski definition) is 0. The molecule has 0 saturated heterocycles. The standard InChI is InChI=1S/C12H10F3IN2O2S/c1-2-21(19,20)11-5-8(12(13,14)15)3-4-10(11)18-7-9(16)6-17-18/h3-7H,2H2,1H3. The van der Waals surface area contributed by atoms with E-state index in [2.05, 4.69) is 5.10 Å². The Morgan fingerprint density at radius 2 is 2.00 bits per heavy atom. The molecule has 21 heavy (non-hydrogen) atoms. The second-order valence-corrected chi connectivity index (χ2v) is 7.68. The molecular formula is C12H10F3IN2O2S. The molecule has 2 aromatic rings. The molecule has 0 spiro atoms. The third kappa shape index (κ3) is 3.39. The second kappa shape index (κ2) is 5.59. The van der Waals surface area contributed by atoms with E-state index in [1.165, 1.54) is 24.0 Å². The predicted octanol–water partition coefficient (Wildman–Crippen LogP) is 3.29. The molecule has 0 aliphatic rings. The number of rotatable bonds is 3. The van der Waals surface area contributed by atoms with Crippen LogP contribution in [0.1, 0.15) is 12.5 Å². The van der Waals surface area contributed by atoms with Crippen molar-refractivity contribution in [3.05, 3.63) is 39.7 Å². The van der Waals surface area contributed by atoms with Gasteiger partial charge in [-0.1, -0.05) is 6.92 Å². The number of sulfone groups is 1. The number of benzene rings is 1. The summed E-state index contributed by atoms with van der Waals surface area (Å²) in [7, 11) is -3.81. The zero-order chi connectivity index (χ0) is 15.8. The van der Waals surface area contributed by atoms with Gasteiger partial charge in [0.15, 0.2) is 9.84 Å². The van der Waals surface area contributed by atoms with Gasteiger partial charge in [0, 0.05) is 6.20 Å². The minimum absolute atomic E-state index is 0.104. The van der Waals surface area contributed by atoms with Gasteiger partial charge >= 0.3 is 6.18 Å². The predicted molar refractivity (Wildman–Crippen MR) is 79.0 cm³/mol. The molecule has 0 atom stereocenters. The summed E-state index contributed by atoms with van der Waals surface area (Å²) >= 11 is 1.98. The summed E-state index contributed by atoms with van der Waals surface area (Å²) < 4.78 is 64.5. The SMILES string of the molecule is CCS(=O)(=O)c1cc(C(F)(F)F)ccc1-n1cc(I)cn1. The summed E-state index contributed by atoms with van der Waals surface area (Å²) in [6, 6.07) is 2.62. The van der Waals surface area contributed by atoms with Gasteiger partial charge in [-0.2, -0.15) is 18.3 Å². The van der Waals surface area contributed by atoms with Crippen LogP contribution < -0.4 is 0 Å². The van der Waals surface area contributed by atoms with Gasteiger partial charge in [0.2, 0.25) is 0 Å². The molecule has 0 saturated carbocycles. The minimum Gasteiger partial charge on any atom is -0.239 e. The largest absolute Gasteiger partial charge is 0.416 e. The Bertz CT molecular complexity index is 769. The molecule has 1 aromatic carbocycles. The van der Waals surface area contributed by atoms with Gasteiger partial charge in [-0.05, 0) is 40.8 Å². The van der Waals surface area contributed by atoms with E-state index in [9.17, 15) is 21.6 Å². The number of alkyl halides is 3. The molecule has 114 valence electrons. The maximum absolute atomic E-state index is 12.8. The lowest BCUT2D eigenvalue weighted by Crippen LogP contribution is -2.13. The van der Waals surface area contributed by atoms with Crippen molar-refractivity contribution in [3.63, 3.8) is 0 Å². The highest BCUT2D eigenvalue weighted by molar-refractivity contribution is 14.1. The molecule has 1 heterocycles. The molecule has 0 amide bonds. The molecule has 0 unspecified atom stereocenters. The van der Waals surface area contributed by atoms with Crippen molar-refractivity contribution in [2.75, 3.05) is 5.75 Å². The molecule has 4 nitrogen and oxygen atoms in total. The van der Waals surface area contributed by atoms with Gasteiger partial charge in [0.25, 0.3) is 0 Å². The fourth-order valence-corrected chi connectivity index (χ4v) is 3.20. The van der Waals surface area contributed by atoms with Gasteiger partial charge in [0.1, 0.15) is 0 Å². The maximum Gasteiger partial charge on any atom is 0.416 e. The summed E-state index contributed by atoms with van der Waals surface area (Å²) in [5, 5.41) is 3.95. The van der Waals surface area contributed by atoms with Crippen molar-refractivity contribution in [3.8, 4) is 5.69 Å². The summed E-state index contributed by atoms with van der Waals surface area (Å²) in [6.07, 6.45) is -1.58. The molecule has 9 heteroatoms. The smallest absolute Gasteiger partial charge is 0.239 e. The van der Waals surface area contributed by atoms with Crippen LogP contribution in [0, 0.1) is 3.57 Å². The quantitative estimate of drug-likeness (QED) is 0.703. The molecule has 1 aromatic heterocycles. The molecule has 0 fully saturated rings. The topological polar surface area (TPSA) is 52.0 Å². The molecule has 0 aliphatic carbocycles. The molecule has 2 rings (SSSR count). The second-order valence-electron chi connectivity index (χ2n) is 4.19. The first kappa shape index (κ1) is 16.3. The van der Waals surface area contributed by atoms with Gasteiger partial charge in [0.05, 0.1) is 31.7 Å². The summed E-state index contributed by atoms with van der Waals surface area (Å²) in [5.41, 5.74) is -0.895. The highest BCUT2D eigenvalue weighted by Crippen LogP contribution is 2.33. The molecule has 0 aliphatic heterocycles. The van der Waals surface area contributed by atoms with Crippen molar-refractivity contribution in [2.45, 2.75) is 18.0 Å². The molecular weight excluding hydrogens is 420 g/mol. The van der Waals surface area contributed by atoms with Gasteiger partial charge in [-0.15, -0.1) is 0 Å². The lowest BCUT2D eigenvalue weighted by molar-refractivity contribution is -0.137. The van der Waals surface area contributed by atoms with E-state index in [0.29, 0.717) is 6.07 Å². The Morgan fingerprint density at radius 1 is 1.33 bits per heavy atom. The number of hydrogen-bond acceptors (Lipinski definition) is 3. The van der Waals surface area contributed by atoms with Crippen LogP contribution >= 0.6 is 22.6 Å². The third-order valence-corrected chi connectivity index (χ3v) is 5.11. The van der Waals surface area contributed by atoms with E-state index in [1.807, 2.05) is 22.6 Å². The third-order valence-electron chi connectivity index (χ3n) is 2.80. The van der Waals surface area contributed by atoms with Crippen LogP contribution in [0.4, 0.5) is 13.2 Å². The average molecular weight is 430 g/mol. The van der Waals surface area contributed by atoms with Crippen molar-refractivity contribution < 1.29 is 21.6 Å². The molecule has 0 radical (unpaired) electrons. The van der Waals surface area contributed by atoms with Crippen LogP contribution in [0.5, 0.6) is 0 Å². The highest BCUT2D eigenvalue weighted by atomic mass is 127. The zero-order valence-corrected chi connectivity index (χ0v) is 13.7. The lowest BCUT2D eigenvalue weighted by atomic mass is 10.2. The Hall–Kier alpha value is -1.10. The highest BCUT2D eigenvalue weighted by Gasteiger charge is 2.33. The minimum atomic E-state index is -4.60. The fraction of sp³-hybridized carbons (Fsp3) is 0.250. The average Bonchev–Trinajstić information content (AvgIpc) is 2.83. The van der Waals surface area contributed by atoms with Crippen LogP contribution in [-0.2, 0) is 16.0 Å². The molecule has 0 N–H and O–H groups in total.